The molecule has 0 unspecified atom stereocenters. The molecule has 0 aromatic heterocycles. The highest BCUT2D eigenvalue weighted by Gasteiger charge is 2.50. The Morgan fingerprint density at radius 1 is 1.19 bits per heavy atom. The van der Waals surface area contributed by atoms with E-state index in [1.54, 1.807) is 0 Å². The summed E-state index contributed by atoms with van der Waals surface area (Å²) in [6.45, 7) is 0.512. The highest BCUT2D eigenvalue weighted by molar-refractivity contribution is 6.39. The maximum absolute atomic E-state index is 13.0. The molecule has 6 nitrogen and oxygen atoms in total. The van der Waals surface area contributed by atoms with Gasteiger partial charge in [0.1, 0.15) is 5.71 Å². The molecule has 1 aromatic carbocycles. The van der Waals surface area contributed by atoms with Gasteiger partial charge >= 0.3 is 0 Å². The Morgan fingerprint density at radius 2 is 1.96 bits per heavy atom. The number of rotatable bonds is 2. The first kappa shape index (κ1) is 17.2. The SMILES string of the molecule is O=C1CCC(C(=O)N2CC[C@@](O)(c3ccccc3)[C@H]3CCCC[C@H]32)=NN1. The summed E-state index contributed by atoms with van der Waals surface area (Å²) < 4.78 is 0. The van der Waals surface area contributed by atoms with E-state index in [0.717, 1.165) is 31.2 Å². The predicted molar refractivity (Wildman–Crippen MR) is 97.2 cm³/mol. The van der Waals surface area contributed by atoms with Gasteiger partial charge in [-0.15, -0.1) is 0 Å². The van der Waals surface area contributed by atoms with Gasteiger partial charge in [-0.25, -0.2) is 5.43 Å². The second kappa shape index (κ2) is 6.83. The quantitative estimate of drug-likeness (QED) is 0.850. The number of hydrogen-bond donors (Lipinski definition) is 2. The Kier molecular flexibility index (Phi) is 4.53. The number of fused-ring (bicyclic) bond motifs is 1. The molecule has 0 bridgehead atoms. The van der Waals surface area contributed by atoms with Crippen LogP contribution in [-0.4, -0.2) is 40.1 Å². The van der Waals surface area contributed by atoms with Gasteiger partial charge in [-0.2, -0.15) is 5.10 Å². The van der Waals surface area contributed by atoms with Crippen molar-refractivity contribution >= 4 is 17.5 Å². The number of benzene rings is 1. The standard InChI is InChI=1S/C20H25N3O3/c24-18-11-10-16(21-22-18)19(25)23-13-12-20(26,14-6-2-1-3-7-14)15-8-4-5-9-17(15)23/h1-3,6-7,15,17,26H,4-5,8-13H2,(H,22,24)/t15-,17+,20+/m0/s1. The van der Waals surface area contributed by atoms with Crippen LogP contribution in [0.5, 0.6) is 0 Å². The molecule has 4 rings (SSSR count). The number of amides is 2. The highest BCUT2D eigenvalue weighted by atomic mass is 16.3. The number of nitrogens with one attached hydrogen (secondary N) is 1. The lowest BCUT2D eigenvalue weighted by molar-refractivity contribution is -0.148. The molecular formula is C20H25N3O3. The maximum Gasteiger partial charge on any atom is 0.270 e. The number of carbonyl (C=O) groups excluding carboxylic acids is 2. The molecule has 1 saturated heterocycles. The third kappa shape index (κ3) is 2.92. The molecule has 2 heterocycles. The van der Waals surface area contributed by atoms with E-state index < -0.39 is 5.60 Å². The van der Waals surface area contributed by atoms with Gasteiger partial charge in [0.25, 0.3) is 5.91 Å². The van der Waals surface area contributed by atoms with Gasteiger partial charge in [0.2, 0.25) is 5.91 Å². The smallest absolute Gasteiger partial charge is 0.270 e. The fourth-order valence-electron chi connectivity index (χ4n) is 4.81. The molecule has 1 saturated carbocycles. The number of aliphatic hydroxyl groups is 1. The monoisotopic (exact) mass is 355 g/mol. The number of hydrogen-bond acceptors (Lipinski definition) is 4. The molecular weight excluding hydrogens is 330 g/mol. The average Bonchev–Trinajstić information content (AvgIpc) is 2.69. The minimum atomic E-state index is -0.883. The molecule has 0 spiro atoms. The Morgan fingerprint density at radius 3 is 2.69 bits per heavy atom. The van der Waals surface area contributed by atoms with Gasteiger partial charge < -0.3 is 10.0 Å². The molecule has 3 aliphatic rings. The number of carbonyl (C=O) groups is 2. The maximum atomic E-state index is 13.0. The molecule has 2 amide bonds. The minimum absolute atomic E-state index is 0.0236. The summed E-state index contributed by atoms with van der Waals surface area (Å²) in [4.78, 5) is 26.2. The van der Waals surface area contributed by atoms with E-state index in [1.165, 1.54) is 0 Å². The van der Waals surface area contributed by atoms with Crippen LogP contribution in [0, 0.1) is 5.92 Å². The molecule has 138 valence electrons. The van der Waals surface area contributed by atoms with Gasteiger partial charge in [0.15, 0.2) is 0 Å². The predicted octanol–water partition coefficient (Wildman–Crippen LogP) is 1.93. The number of piperidine rings is 1. The lowest BCUT2D eigenvalue weighted by Crippen LogP contribution is -2.60. The van der Waals surface area contributed by atoms with Crippen LogP contribution in [0.25, 0.3) is 0 Å². The van der Waals surface area contributed by atoms with Crippen LogP contribution in [0.15, 0.2) is 35.4 Å². The summed E-state index contributed by atoms with van der Waals surface area (Å²) in [6.07, 6.45) is 5.20. The summed E-state index contributed by atoms with van der Waals surface area (Å²) in [5.74, 6) is -0.193. The molecule has 2 N–H and O–H groups in total. The van der Waals surface area contributed by atoms with Crippen molar-refractivity contribution in [2.75, 3.05) is 6.54 Å². The van der Waals surface area contributed by atoms with Gasteiger partial charge in [-0.05, 0) is 24.8 Å². The lowest BCUT2D eigenvalue weighted by atomic mass is 9.66. The van der Waals surface area contributed by atoms with E-state index in [9.17, 15) is 14.7 Å². The average molecular weight is 355 g/mol. The lowest BCUT2D eigenvalue weighted by Gasteiger charge is -2.52. The van der Waals surface area contributed by atoms with Crippen molar-refractivity contribution in [3.8, 4) is 0 Å². The van der Waals surface area contributed by atoms with E-state index >= 15 is 0 Å². The molecule has 1 aromatic rings. The summed E-state index contributed by atoms with van der Waals surface area (Å²) >= 11 is 0. The molecule has 1 aliphatic carbocycles. The Balaban J connectivity index is 1.61. The van der Waals surface area contributed by atoms with Crippen LogP contribution in [0.1, 0.15) is 50.5 Å². The number of likely N-dealkylation sites (tertiary alicyclic amines) is 1. The van der Waals surface area contributed by atoms with Crippen molar-refractivity contribution < 1.29 is 14.7 Å². The van der Waals surface area contributed by atoms with Crippen LogP contribution in [0.4, 0.5) is 0 Å². The Hall–Kier alpha value is -2.21. The van der Waals surface area contributed by atoms with Crippen molar-refractivity contribution in [1.82, 2.24) is 10.3 Å². The summed E-state index contributed by atoms with van der Waals surface area (Å²) in [5, 5.41) is 15.5. The van der Waals surface area contributed by atoms with Gasteiger partial charge in [0.05, 0.1) is 5.60 Å². The van der Waals surface area contributed by atoms with Crippen molar-refractivity contribution in [2.45, 2.75) is 56.6 Å². The van der Waals surface area contributed by atoms with Crippen LogP contribution in [0.2, 0.25) is 0 Å². The Labute approximate surface area is 153 Å². The normalized spacial score (nSPS) is 31.7. The van der Waals surface area contributed by atoms with Gasteiger partial charge in [0, 0.05) is 31.3 Å². The first-order valence-electron chi connectivity index (χ1n) is 9.54. The van der Waals surface area contributed by atoms with E-state index in [1.807, 2.05) is 35.2 Å². The van der Waals surface area contributed by atoms with Crippen LogP contribution in [-0.2, 0) is 15.2 Å². The molecule has 2 fully saturated rings. The molecule has 6 heteroatoms. The second-order valence-electron chi connectivity index (χ2n) is 7.59. The molecule has 3 atom stereocenters. The molecule has 26 heavy (non-hydrogen) atoms. The third-order valence-electron chi connectivity index (χ3n) is 6.16. The number of nitrogens with zero attached hydrogens (tertiary/aromatic N) is 2. The largest absolute Gasteiger partial charge is 0.385 e. The van der Waals surface area contributed by atoms with Crippen molar-refractivity contribution in [3.05, 3.63) is 35.9 Å². The highest BCUT2D eigenvalue weighted by Crippen LogP contribution is 2.47. The van der Waals surface area contributed by atoms with Crippen molar-refractivity contribution in [1.29, 1.82) is 0 Å². The van der Waals surface area contributed by atoms with E-state index in [2.05, 4.69) is 10.5 Å². The van der Waals surface area contributed by atoms with Crippen LogP contribution in [0.3, 0.4) is 0 Å². The summed E-state index contributed by atoms with van der Waals surface area (Å²) in [6, 6.07) is 9.88. The van der Waals surface area contributed by atoms with Gasteiger partial charge in [-0.3, -0.25) is 9.59 Å². The summed E-state index contributed by atoms with van der Waals surface area (Å²) in [5.41, 5.74) is 2.92. The Bertz CT molecular complexity index is 733. The summed E-state index contributed by atoms with van der Waals surface area (Å²) in [7, 11) is 0. The topological polar surface area (TPSA) is 82.0 Å². The van der Waals surface area contributed by atoms with Gasteiger partial charge in [-0.1, -0.05) is 43.2 Å². The van der Waals surface area contributed by atoms with E-state index in [0.29, 0.717) is 31.5 Å². The first-order chi connectivity index (χ1) is 12.6. The third-order valence-corrected chi connectivity index (χ3v) is 6.16. The second-order valence-corrected chi connectivity index (χ2v) is 7.59. The van der Waals surface area contributed by atoms with Crippen molar-refractivity contribution in [2.24, 2.45) is 11.0 Å². The zero-order chi connectivity index (χ0) is 18.1. The van der Waals surface area contributed by atoms with Crippen LogP contribution >= 0.6 is 0 Å². The fourth-order valence-corrected chi connectivity index (χ4v) is 4.81. The van der Waals surface area contributed by atoms with Crippen molar-refractivity contribution in [3.63, 3.8) is 0 Å². The zero-order valence-electron chi connectivity index (χ0n) is 14.9. The molecule has 2 aliphatic heterocycles. The van der Waals surface area contributed by atoms with E-state index in [4.69, 9.17) is 0 Å². The molecule has 0 radical (unpaired) electrons. The zero-order valence-corrected chi connectivity index (χ0v) is 14.9. The van der Waals surface area contributed by atoms with E-state index in [-0.39, 0.29) is 23.8 Å². The first-order valence-corrected chi connectivity index (χ1v) is 9.54. The fraction of sp³-hybridized carbons (Fsp3) is 0.550. The minimum Gasteiger partial charge on any atom is -0.385 e. The van der Waals surface area contributed by atoms with Crippen LogP contribution < -0.4 is 5.43 Å². The number of hydrazone groups is 1.